The number of ketones is 1. The molecule has 2 aromatic rings. The molecule has 0 aliphatic carbocycles. The lowest BCUT2D eigenvalue weighted by molar-refractivity contribution is 0.101. The molecule has 0 atom stereocenters. The molecule has 2 saturated heterocycles. The fourth-order valence-corrected chi connectivity index (χ4v) is 5.54. The molecule has 0 saturated carbocycles. The molecule has 166 valence electrons. The number of nitrogens with zero attached hydrogens (tertiary/aromatic N) is 5. The number of hydrogen-bond donors (Lipinski definition) is 0. The van der Waals surface area contributed by atoms with Gasteiger partial charge in [0.05, 0.1) is 4.90 Å². The Morgan fingerprint density at radius 3 is 2.03 bits per heavy atom. The molecule has 1 aromatic carbocycles. The maximum Gasteiger partial charge on any atom is 0.243 e. The third-order valence-corrected chi connectivity index (χ3v) is 8.08. The number of Topliss-reactive ketones (excluding diaryl/α,β-unsaturated/α-hetero) is 1. The largest absolute Gasteiger partial charge is 0.355 e. The number of sulfonamides is 1. The molecule has 2 fully saturated rings. The van der Waals surface area contributed by atoms with Gasteiger partial charge in [-0.05, 0) is 49.9 Å². The minimum absolute atomic E-state index is 0.150. The van der Waals surface area contributed by atoms with Gasteiger partial charge in [0.15, 0.2) is 17.4 Å². The number of anilines is 2. The van der Waals surface area contributed by atoms with Crippen molar-refractivity contribution in [2.75, 3.05) is 49.1 Å². The molecule has 0 bridgehead atoms. The van der Waals surface area contributed by atoms with E-state index in [2.05, 4.69) is 26.9 Å². The van der Waals surface area contributed by atoms with Crippen LogP contribution < -0.4 is 9.80 Å². The molecule has 1 aromatic heterocycles. The van der Waals surface area contributed by atoms with Gasteiger partial charge in [-0.1, -0.05) is 19.1 Å². The van der Waals surface area contributed by atoms with Crippen molar-refractivity contribution in [1.29, 1.82) is 0 Å². The van der Waals surface area contributed by atoms with Crippen molar-refractivity contribution >= 4 is 27.4 Å². The van der Waals surface area contributed by atoms with Crippen molar-refractivity contribution in [1.82, 2.24) is 14.5 Å². The number of benzene rings is 1. The fraction of sp³-hybridized carbons (Fsp3) is 0.500. The van der Waals surface area contributed by atoms with E-state index < -0.39 is 10.0 Å². The molecule has 2 aliphatic rings. The summed E-state index contributed by atoms with van der Waals surface area (Å²) in [6, 6.07) is 10.2. The summed E-state index contributed by atoms with van der Waals surface area (Å²) >= 11 is 0. The van der Waals surface area contributed by atoms with Gasteiger partial charge in [0.1, 0.15) is 0 Å². The summed E-state index contributed by atoms with van der Waals surface area (Å²) in [6.07, 6.45) is 2.35. The van der Waals surface area contributed by atoms with Gasteiger partial charge in [-0.3, -0.25) is 4.79 Å². The predicted octanol–water partition coefficient (Wildman–Crippen LogP) is 2.43. The van der Waals surface area contributed by atoms with Crippen LogP contribution in [0.3, 0.4) is 0 Å². The number of piperidine rings is 1. The third kappa shape index (κ3) is 4.72. The van der Waals surface area contributed by atoms with E-state index in [9.17, 15) is 13.2 Å². The molecule has 2 aliphatic heterocycles. The van der Waals surface area contributed by atoms with Gasteiger partial charge in [0.2, 0.25) is 10.0 Å². The number of carbonyl (C=O) groups is 1. The van der Waals surface area contributed by atoms with Crippen LogP contribution in [0, 0.1) is 5.92 Å². The topological polar surface area (TPSA) is 86.7 Å². The van der Waals surface area contributed by atoms with Gasteiger partial charge in [-0.15, -0.1) is 10.2 Å². The lowest BCUT2D eigenvalue weighted by Crippen LogP contribution is -2.49. The van der Waals surface area contributed by atoms with Crippen molar-refractivity contribution < 1.29 is 13.2 Å². The van der Waals surface area contributed by atoms with E-state index in [0.29, 0.717) is 31.7 Å². The van der Waals surface area contributed by atoms with E-state index >= 15 is 0 Å². The predicted molar refractivity (Wildman–Crippen MR) is 120 cm³/mol. The maximum atomic E-state index is 13.0. The van der Waals surface area contributed by atoms with Gasteiger partial charge in [-0.25, -0.2) is 8.42 Å². The van der Waals surface area contributed by atoms with Crippen LogP contribution in [-0.2, 0) is 10.0 Å². The molecule has 4 rings (SSSR count). The zero-order valence-electron chi connectivity index (χ0n) is 18.1. The number of aromatic nitrogens is 2. The van der Waals surface area contributed by atoms with Gasteiger partial charge < -0.3 is 9.80 Å². The first-order chi connectivity index (χ1) is 14.8. The molecule has 0 spiro atoms. The van der Waals surface area contributed by atoms with E-state index in [1.165, 1.54) is 30.1 Å². The molecule has 0 radical (unpaired) electrons. The van der Waals surface area contributed by atoms with E-state index in [1.807, 2.05) is 12.1 Å². The van der Waals surface area contributed by atoms with E-state index in [0.717, 1.165) is 30.6 Å². The molecular weight excluding hydrogens is 414 g/mol. The zero-order valence-corrected chi connectivity index (χ0v) is 18.9. The maximum absolute atomic E-state index is 13.0. The van der Waals surface area contributed by atoms with Crippen LogP contribution in [0.15, 0.2) is 41.3 Å². The summed E-state index contributed by atoms with van der Waals surface area (Å²) in [5.41, 5.74) is 0.401. The van der Waals surface area contributed by atoms with Crippen LogP contribution in [0.1, 0.15) is 37.0 Å². The highest BCUT2D eigenvalue weighted by molar-refractivity contribution is 7.89. The van der Waals surface area contributed by atoms with E-state index in [-0.39, 0.29) is 10.7 Å². The van der Waals surface area contributed by atoms with Crippen LogP contribution >= 0.6 is 0 Å². The van der Waals surface area contributed by atoms with Crippen LogP contribution in [0.2, 0.25) is 0 Å². The fourth-order valence-electron chi connectivity index (χ4n) is 4.08. The molecule has 0 N–H and O–H groups in total. The summed E-state index contributed by atoms with van der Waals surface area (Å²) in [5, 5.41) is 8.82. The summed E-state index contributed by atoms with van der Waals surface area (Å²) in [7, 11) is -3.64. The highest BCUT2D eigenvalue weighted by Crippen LogP contribution is 2.24. The van der Waals surface area contributed by atoms with Gasteiger partial charge in [0, 0.05) is 44.8 Å². The van der Waals surface area contributed by atoms with Gasteiger partial charge >= 0.3 is 0 Å². The van der Waals surface area contributed by atoms with Crippen molar-refractivity contribution in [3.63, 3.8) is 0 Å². The highest BCUT2D eigenvalue weighted by Gasteiger charge is 2.29. The minimum Gasteiger partial charge on any atom is -0.355 e. The SMILES string of the molecule is CC(=O)c1cccc(S(=O)(=O)N2CCN(c3ccc(N4CCC(C)CC4)nn3)CC2)c1. The summed E-state index contributed by atoms with van der Waals surface area (Å²) in [4.78, 5) is 16.1. The normalized spacial score (nSPS) is 18.9. The van der Waals surface area contributed by atoms with E-state index in [1.54, 1.807) is 18.2 Å². The summed E-state index contributed by atoms with van der Waals surface area (Å²) < 4.78 is 27.5. The quantitative estimate of drug-likeness (QED) is 0.656. The number of rotatable bonds is 5. The van der Waals surface area contributed by atoms with Crippen molar-refractivity contribution in [3.05, 3.63) is 42.0 Å². The second-order valence-electron chi connectivity index (χ2n) is 8.39. The lowest BCUT2D eigenvalue weighted by Gasteiger charge is -2.35. The standard InChI is InChI=1S/C22H29N5O3S/c1-17-8-10-25(11-9-17)21-6-7-22(24-23-21)26-12-14-27(15-13-26)31(29,30)20-5-3-4-19(16-20)18(2)28/h3-7,16-17H,8-15H2,1-2H3. The Morgan fingerprint density at radius 2 is 1.48 bits per heavy atom. The monoisotopic (exact) mass is 443 g/mol. The second-order valence-corrected chi connectivity index (χ2v) is 10.3. The van der Waals surface area contributed by atoms with Crippen LogP contribution in [0.4, 0.5) is 11.6 Å². The Morgan fingerprint density at radius 1 is 0.903 bits per heavy atom. The van der Waals surface area contributed by atoms with Crippen LogP contribution in [-0.4, -0.2) is 68.0 Å². The van der Waals surface area contributed by atoms with Gasteiger partial charge in [-0.2, -0.15) is 4.31 Å². The summed E-state index contributed by atoms with van der Waals surface area (Å²) in [5.74, 6) is 2.29. The zero-order chi connectivity index (χ0) is 22.0. The van der Waals surface area contributed by atoms with Crippen molar-refractivity contribution in [2.45, 2.75) is 31.6 Å². The minimum atomic E-state index is -3.64. The third-order valence-electron chi connectivity index (χ3n) is 6.18. The molecular formula is C22H29N5O3S. The Bertz CT molecular complexity index is 1030. The van der Waals surface area contributed by atoms with Crippen molar-refractivity contribution in [3.8, 4) is 0 Å². The first-order valence-electron chi connectivity index (χ1n) is 10.8. The number of hydrogen-bond acceptors (Lipinski definition) is 7. The summed E-state index contributed by atoms with van der Waals surface area (Å²) in [6.45, 7) is 7.55. The molecule has 31 heavy (non-hydrogen) atoms. The Balaban J connectivity index is 1.39. The van der Waals surface area contributed by atoms with E-state index in [4.69, 9.17) is 0 Å². The Hall–Kier alpha value is -2.52. The molecule has 3 heterocycles. The van der Waals surface area contributed by atoms with Gasteiger partial charge in [0.25, 0.3) is 0 Å². The lowest BCUT2D eigenvalue weighted by atomic mass is 9.99. The molecule has 0 unspecified atom stereocenters. The second kappa shape index (κ2) is 8.92. The van der Waals surface area contributed by atoms with Crippen molar-refractivity contribution in [2.24, 2.45) is 5.92 Å². The molecule has 0 amide bonds. The van der Waals surface area contributed by atoms with Crippen LogP contribution in [0.5, 0.6) is 0 Å². The average molecular weight is 444 g/mol. The highest BCUT2D eigenvalue weighted by atomic mass is 32.2. The van der Waals surface area contributed by atoms with Crippen LogP contribution in [0.25, 0.3) is 0 Å². The smallest absolute Gasteiger partial charge is 0.243 e. The number of piperazine rings is 1. The Labute approximate surface area is 183 Å². The molecule has 9 heteroatoms. The molecule has 8 nitrogen and oxygen atoms in total. The first kappa shape index (κ1) is 21.7. The first-order valence-corrected chi connectivity index (χ1v) is 12.2. The Kier molecular flexibility index (Phi) is 6.24. The average Bonchev–Trinajstić information content (AvgIpc) is 2.80. The number of carbonyl (C=O) groups excluding carboxylic acids is 1.